The molecule has 144 heavy (non-hydrogen) atoms. The number of carboxylic acid groups (broad SMARTS) is 1. The summed E-state index contributed by atoms with van der Waals surface area (Å²) in [5.41, 5.74) is 11.0. The van der Waals surface area contributed by atoms with Crippen molar-refractivity contribution in [3.63, 3.8) is 0 Å². The zero-order valence-electron chi connectivity index (χ0n) is 76.5. The molecule has 0 radical (unpaired) electrons. The molecule has 4 N–H and O–H groups in total. The van der Waals surface area contributed by atoms with Crippen molar-refractivity contribution in [3.8, 4) is 44.5 Å². The van der Waals surface area contributed by atoms with Crippen LogP contribution in [-0.4, -0.2) is 46.1 Å². The Balaban J connectivity index is -0.00000160. The number of hydrogen-bond acceptors (Lipinski definition) is 22. The van der Waals surface area contributed by atoms with Crippen molar-refractivity contribution in [1.82, 2.24) is 0 Å². The molecule has 0 aliphatic heterocycles. The van der Waals surface area contributed by atoms with E-state index in [1.54, 1.807) is 4.57 Å². The molecule has 8 heterocycles. The number of aliphatic carboxylic acids is 1. The second-order valence-electron chi connectivity index (χ2n) is 30.1. The predicted octanol–water partition coefficient (Wildman–Crippen LogP) is 6.44. The third-order valence-corrected chi connectivity index (χ3v) is 17.0. The van der Waals surface area contributed by atoms with E-state index in [-0.39, 0.29) is 13.2 Å². The van der Waals surface area contributed by atoms with Crippen molar-refractivity contribution >= 4 is 43.7 Å². The van der Waals surface area contributed by atoms with Crippen LogP contribution in [0.25, 0.3) is 44.5 Å². The van der Waals surface area contributed by atoms with Crippen LogP contribution in [0.3, 0.4) is 0 Å². The van der Waals surface area contributed by atoms with Crippen molar-refractivity contribution in [2.45, 2.75) is 187 Å². The normalized spacial score (nSPS) is 13.5. The average molecular weight is 2290 g/mol. The van der Waals surface area contributed by atoms with E-state index in [1.807, 2.05) is 102 Å². The summed E-state index contributed by atoms with van der Waals surface area (Å²) in [7, 11) is -58.4. The fraction of sp³-hybridized carbons (Fsp3) is 0.407. The summed E-state index contributed by atoms with van der Waals surface area (Å²) in [6.45, 7) is 7.44. The standard InChI is InChI=1S/C22H34N2O2.C22H34N2O.C20H22N2.C17H19N2O4.4ClHO4.4F6P/c25-19-7-3-1-5-13-23-15-9-21(10-16-23)22-11-17-24(18-12-22)14-6-2-4-8-20-26;1-3-4-5-6-7-8-9-10-11-22(25)24-18-14-21(15-19-24)20-12-16-23(2)17-13-20;1-21-14-9-19(10-15-21)20-11-16-22(17-12-20)13-5-8-18-6-3-2-4-7-18;20-14-23-13-19-11-6-16(7-12-19)15-4-9-18(10-5-15)8-2-1-3-17(21)22;4*2-1(3,4)5;4*1-7(2,3,4,5)6/h9-12,15-18,25-26H,1-8,13-14,19-20H2;12-19,22,25H,3-11H2,1-2H3;2-4,6-7,9-12,14-17H,5,8,13H2,1H3;4-7,9-12,14H,1-3,8,13H2;4*(H,2,3,4,5);;;;/q3*+2;+1;;;;;4*-1/p-3. The third-order valence-electron chi connectivity index (χ3n) is 17.0. The molecule has 1 aromatic carbocycles. The van der Waals surface area contributed by atoms with Crippen molar-refractivity contribution in [3.05, 3.63) is 232 Å². The number of nitrogens with zero attached hydrogens (tertiary/aromatic N) is 8. The van der Waals surface area contributed by atoms with Crippen LogP contribution in [0.2, 0.25) is 0 Å². The molecule has 8 aromatic heterocycles. The Labute approximate surface area is 818 Å². The van der Waals surface area contributed by atoms with Gasteiger partial charge in [-0.25, -0.2) is 102 Å². The van der Waals surface area contributed by atoms with E-state index in [2.05, 4.69) is 183 Å². The van der Waals surface area contributed by atoms with Crippen molar-refractivity contribution < 1.29 is 288 Å². The molecule has 9 aromatic rings. The number of aryl methyl sites for hydroxylation is 7. The van der Waals surface area contributed by atoms with E-state index in [9.17, 15) is 115 Å². The Morgan fingerprint density at radius 3 is 0.785 bits per heavy atom. The number of unbranched alkanes of at least 4 members (excludes halogenated alkanes) is 14. The maximum atomic E-state index is 10.5. The van der Waals surface area contributed by atoms with Crippen molar-refractivity contribution in [1.29, 1.82) is 0 Å². The van der Waals surface area contributed by atoms with E-state index >= 15 is 0 Å². The largest absolute Gasteiger partial charge is 0.481 e. The summed E-state index contributed by atoms with van der Waals surface area (Å²) in [5, 5.41) is 36.6. The van der Waals surface area contributed by atoms with Gasteiger partial charge in [-0.3, -0.25) is 9.59 Å². The molecule has 63 heteroatoms. The Kier molecular flexibility index (Phi) is 58.2. The first-order chi connectivity index (χ1) is 64.8. The first kappa shape index (κ1) is 140. The topological polar surface area (TPSA) is 524 Å². The number of carbonyl (C=O) groups is 2. The molecule has 0 fully saturated rings. The summed E-state index contributed by atoms with van der Waals surface area (Å²) < 4.78 is 394. The summed E-state index contributed by atoms with van der Waals surface area (Å²) in [6.07, 6.45) is 56.5. The number of benzene rings is 1. The number of hydrogen-bond donors (Lipinski definition) is 4. The number of pyridine rings is 8. The first-order valence-electron chi connectivity index (χ1n) is 41.7. The van der Waals surface area contributed by atoms with Crippen LogP contribution in [-0.2, 0) is 67.8 Å². The van der Waals surface area contributed by atoms with Crippen molar-refractivity contribution in [2.24, 2.45) is 14.1 Å². The van der Waals surface area contributed by atoms with Gasteiger partial charge in [-0.2, -0.15) is 9.13 Å². The summed E-state index contributed by atoms with van der Waals surface area (Å²) in [5.74, 6) is -0.745. The molecule has 0 aliphatic rings. The zero-order chi connectivity index (χ0) is 112. The van der Waals surface area contributed by atoms with Crippen LogP contribution < -0.4 is 111 Å². The molecular formula is C81H110Cl4F24N8O23P4. The minimum Gasteiger partial charge on any atom is -0.481 e. The Morgan fingerprint density at radius 1 is 0.319 bits per heavy atom. The minimum atomic E-state index is -10.7. The van der Waals surface area contributed by atoms with Crippen LogP contribution in [0, 0.1) is 41.0 Å². The Hall–Kier alpha value is -8.20. The molecule has 0 saturated carbocycles. The Morgan fingerprint density at radius 2 is 0.535 bits per heavy atom. The van der Waals surface area contributed by atoms with Gasteiger partial charge in [0.15, 0.2) is 99.1 Å². The van der Waals surface area contributed by atoms with E-state index in [0.717, 1.165) is 108 Å². The number of ether oxygens (including phenoxy) is 1. The molecule has 0 saturated heterocycles. The zero-order valence-corrected chi connectivity index (χ0v) is 83.1. The Bertz CT molecular complexity index is 4740. The molecule has 1 unspecified atom stereocenters. The fourth-order valence-electron chi connectivity index (χ4n) is 11.1. The van der Waals surface area contributed by atoms with Gasteiger partial charge in [0.1, 0.15) is 40.3 Å². The number of aliphatic hydroxyl groups is 3. The van der Waals surface area contributed by atoms with Gasteiger partial charge < -0.3 is 25.2 Å². The monoisotopic (exact) mass is 2280 g/mol. The first-order valence-corrected chi connectivity index (χ1v) is 54.7. The maximum absolute atomic E-state index is 10.7. The molecule has 9 rings (SSSR count). The molecule has 0 bridgehead atoms. The van der Waals surface area contributed by atoms with Crippen LogP contribution in [0.1, 0.15) is 154 Å². The fourth-order valence-corrected chi connectivity index (χ4v) is 11.1. The number of aliphatic hydroxyl groups excluding tert-OH is 3. The average Bonchev–Trinajstić information content (AvgIpc) is 0.798. The predicted molar refractivity (Wildman–Crippen MR) is 428 cm³/mol. The molecule has 0 aliphatic carbocycles. The van der Waals surface area contributed by atoms with Gasteiger partial charge in [0.2, 0.25) is 0 Å². The van der Waals surface area contributed by atoms with Gasteiger partial charge in [-0.1, -0.05) is 95.0 Å². The minimum absolute atomic E-state index is 0.203. The van der Waals surface area contributed by atoms with E-state index in [0.29, 0.717) is 26.1 Å². The molecule has 31 nitrogen and oxygen atoms in total. The van der Waals surface area contributed by atoms with E-state index in [4.69, 9.17) is 89.9 Å². The van der Waals surface area contributed by atoms with Gasteiger partial charge >= 0.3 is 138 Å². The van der Waals surface area contributed by atoms with Gasteiger partial charge in [-0.05, 0) is 95.0 Å². The smallest absolute Gasteiger partial charge is 0.303 e. The molecule has 828 valence electrons. The van der Waals surface area contributed by atoms with E-state index in [1.165, 1.54) is 96.7 Å². The second kappa shape index (κ2) is 59.9. The quantitative estimate of drug-likeness (QED) is 0.0106. The number of carbonyl (C=O) groups excluding carboxylic acids is 1. The molecular weight excluding hydrogens is 2170 g/mol. The number of aromatic nitrogens is 8. The van der Waals surface area contributed by atoms with E-state index < -0.39 is 84.4 Å². The van der Waals surface area contributed by atoms with Crippen LogP contribution in [0.5, 0.6) is 0 Å². The summed E-state index contributed by atoms with van der Waals surface area (Å²) in [4.78, 5) is 20.6. The van der Waals surface area contributed by atoms with Gasteiger partial charge in [0, 0.05) is 149 Å². The molecule has 0 amide bonds. The van der Waals surface area contributed by atoms with Gasteiger partial charge in [0.25, 0.3) is 19.4 Å². The second-order valence-corrected chi connectivity index (χ2v) is 40.8. The SMILES string of the molecule is CCCCCCCCCCC(O)[n+]1ccc(-c2cc[n+](C)cc2)cc1.C[n+]1ccc(-c2cc[n+](CCCc3ccccc3)cc2)cc1.F[P-](F)(F)(F)(F)F.F[P-](F)(F)(F)(F)F.F[P-](F)(F)(F)(F)F.F[P-](F)(F)(F)(F)F.O=COC[n+]1ccc(-c2cc[n+](CCCCC(=O)O)cc2)cc1.OCCCCCC[n+]1ccc(-c2cc[n+](CCCCCCO)cc2)cc1.[O-][Cl+3]([O-])([O-])[O-].[O-][Cl+3]([O-])([O-])[O-].[O-][Cl+3]([O-])([O-])[O-].[O-][Cl+3]([O-])([O-])[O-]. The van der Waals surface area contributed by atoms with Crippen molar-refractivity contribution in [2.75, 3.05) is 13.2 Å². The van der Waals surface area contributed by atoms with Crippen LogP contribution in [0.15, 0.2) is 227 Å². The summed E-state index contributed by atoms with van der Waals surface area (Å²) in [6, 6.07) is 44.4. The summed E-state index contributed by atoms with van der Waals surface area (Å²) >= 11 is 0. The van der Waals surface area contributed by atoms with Gasteiger partial charge in [0.05, 0.1) is 0 Å². The van der Waals surface area contributed by atoms with Crippen LogP contribution in [0.4, 0.5) is 101 Å². The van der Waals surface area contributed by atoms with Gasteiger partial charge in [-0.15, -0.1) is 41.0 Å². The van der Waals surface area contributed by atoms with Crippen LogP contribution >= 0.6 is 31.2 Å². The third kappa shape index (κ3) is 119. The number of carboxylic acids is 1. The maximum Gasteiger partial charge on any atom is 0.303 e. The number of rotatable bonds is 38. The molecule has 1 atom stereocenters. The molecule has 0 spiro atoms. The number of halogens is 28.